The molecule has 1 aliphatic heterocycles. The van der Waals surface area contributed by atoms with Crippen LogP contribution in [0.5, 0.6) is 0 Å². The van der Waals surface area contributed by atoms with Gasteiger partial charge in [0.25, 0.3) is 0 Å². The van der Waals surface area contributed by atoms with E-state index in [4.69, 9.17) is 0 Å². The first-order valence-electron chi connectivity index (χ1n) is 10.5. The van der Waals surface area contributed by atoms with Gasteiger partial charge in [-0.1, -0.05) is 6.07 Å². The number of ketones is 2. The first kappa shape index (κ1) is 20.5. The lowest BCUT2D eigenvalue weighted by Crippen LogP contribution is -2.51. The summed E-state index contributed by atoms with van der Waals surface area (Å²) in [5.41, 5.74) is 4.77. The Bertz CT molecular complexity index is 1060. The maximum Gasteiger partial charge on any atom is 0.196 e. The standard InChI is InChI=1S/C23H29N5O2/c1-15-21(18(4)29)16(2)24-22(15)23(30)17(3)27-11-9-26(10-12-27)13-19-14-28-8-6-5-7-20(28)25-19/h5-8,14,17,24H,9-13H2,1-4H3. The number of piperazine rings is 1. The van der Waals surface area contributed by atoms with Gasteiger partial charge in [-0.2, -0.15) is 0 Å². The number of rotatable bonds is 6. The predicted octanol–water partition coefficient (Wildman–Crippen LogP) is 2.87. The molecule has 0 radical (unpaired) electrons. The lowest BCUT2D eigenvalue weighted by atomic mass is 10.0. The Balaban J connectivity index is 1.38. The second-order valence-electron chi connectivity index (χ2n) is 8.23. The number of Topliss-reactive ketones (excluding diaryl/α,β-unsaturated/α-hetero) is 2. The Morgan fingerprint density at radius 1 is 1.17 bits per heavy atom. The quantitative estimate of drug-likeness (QED) is 0.636. The van der Waals surface area contributed by atoms with Crippen molar-refractivity contribution in [2.24, 2.45) is 0 Å². The summed E-state index contributed by atoms with van der Waals surface area (Å²) in [6, 6.07) is 5.79. The third-order valence-electron chi connectivity index (χ3n) is 6.17. The van der Waals surface area contributed by atoms with Crippen molar-refractivity contribution in [1.29, 1.82) is 0 Å². The third-order valence-corrected chi connectivity index (χ3v) is 6.17. The summed E-state index contributed by atoms with van der Waals surface area (Å²) in [6.07, 6.45) is 4.09. The molecule has 1 unspecified atom stereocenters. The largest absolute Gasteiger partial charge is 0.355 e. The minimum absolute atomic E-state index is 0.00601. The number of fused-ring (bicyclic) bond motifs is 1. The van der Waals surface area contributed by atoms with Crippen LogP contribution in [0.25, 0.3) is 5.65 Å². The van der Waals surface area contributed by atoms with E-state index in [9.17, 15) is 9.59 Å². The van der Waals surface area contributed by atoms with Crippen LogP contribution in [0.3, 0.4) is 0 Å². The minimum Gasteiger partial charge on any atom is -0.355 e. The number of H-pyrrole nitrogens is 1. The average molecular weight is 408 g/mol. The molecule has 4 rings (SSSR count). The van der Waals surface area contributed by atoms with E-state index < -0.39 is 0 Å². The van der Waals surface area contributed by atoms with Gasteiger partial charge in [0.15, 0.2) is 11.6 Å². The molecule has 3 aromatic rings. The number of hydrogen-bond acceptors (Lipinski definition) is 5. The zero-order valence-electron chi connectivity index (χ0n) is 18.1. The van der Waals surface area contributed by atoms with Crippen LogP contribution in [0.1, 0.15) is 51.6 Å². The molecule has 0 bridgehead atoms. The number of aromatic amines is 1. The highest BCUT2D eigenvalue weighted by atomic mass is 16.1. The summed E-state index contributed by atoms with van der Waals surface area (Å²) in [6.45, 7) is 11.5. The highest BCUT2D eigenvalue weighted by molar-refractivity contribution is 6.05. The summed E-state index contributed by atoms with van der Waals surface area (Å²) in [5.74, 6) is 0.0467. The maximum absolute atomic E-state index is 13.1. The van der Waals surface area contributed by atoms with Crippen molar-refractivity contribution in [2.45, 2.75) is 40.3 Å². The van der Waals surface area contributed by atoms with Gasteiger partial charge in [0.1, 0.15) is 5.65 Å². The SMILES string of the molecule is CC(=O)c1c(C)[nH]c(C(=O)C(C)N2CCN(Cc3cn4ccccc4n3)CC2)c1C. The zero-order chi connectivity index (χ0) is 21.4. The van der Waals surface area contributed by atoms with Gasteiger partial charge in [0.05, 0.1) is 17.4 Å². The second kappa shape index (κ2) is 8.16. The lowest BCUT2D eigenvalue weighted by Gasteiger charge is -2.37. The normalized spacial score (nSPS) is 16.8. The molecule has 1 fully saturated rings. The third kappa shape index (κ3) is 3.82. The molecule has 4 heterocycles. The molecule has 7 heteroatoms. The molecular formula is C23H29N5O2. The van der Waals surface area contributed by atoms with Gasteiger partial charge in [-0.3, -0.25) is 19.4 Å². The number of hydrogen-bond donors (Lipinski definition) is 1. The molecule has 0 aliphatic carbocycles. The highest BCUT2D eigenvalue weighted by Gasteiger charge is 2.29. The molecule has 3 aromatic heterocycles. The van der Waals surface area contributed by atoms with Crippen LogP contribution in [-0.4, -0.2) is 68.0 Å². The number of nitrogens with one attached hydrogen (secondary N) is 1. The van der Waals surface area contributed by atoms with Crippen LogP contribution < -0.4 is 0 Å². The molecular weight excluding hydrogens is 378 g/mol. The Kier molecular flexibility index (Phi) is 5.58. The van der Waals surface area contributed by atoms with Gasteiger partial charge in [0, 0.05) is 56.4 Å². The molecule has 0 spiro atoms. The molecule has 0 saturated carbocycles. The van der Waals surface area contributed by atoms with Crippen molar-refractivity contribution in [3.8, 4) is 0 Å². The maximum atomic E-state index is 13.1. The van der Waals surface area contributed by atoms with Crippen LogP contribution in [0.2, 0.25) is 0 Å². The summed E-state index contributed by atoms with van der Waals surface area (Å²) < 4.78 is 2.04. The number of aryl methyl sites for hydroxylation is 1. The zero-order valence-corrected chi connectivity index (χ0v) is 18.1. The molecule has 0 aromatic carbocycles. The molecule has 1 aliphatic rings. The van der Waals surface area contributed by atoms with Gasteiger partial charge in [-0.15, -0.1) is 0 Å². The van der Waals surface area contributed by atoms with E-state index in [1.807, 2.05) is 49.6 Å². The summed E-state index contributed by atoms with van der Waals surface area (Å²) in [4.78, 5) is 37.4. The van der Waals surface area contributed by atoms with E-state index in [1.54, 1.807) is 6.92 Å². The fourth-order valence-corrected chi connectivity index (χ4v) is 4.50. The van der Waals surface area contributed by atoms with E-state index in [1.165, 1.54) is 0 Å². The number of imidazole rings is 1. The number of carbonyl (C=O) groups is 2. The predicted molar refractivity (Wildman–Crippen MR) is 116 cm³/mol. The van der Waals surface area contributed by atoms with E-state index in [0.717, 1.165) is 55.3 Å². The number of carbonyl (C=O) groups excluding carboxylic acids is 2. The molecule has 1 saturated heterocycles. The summed E-state index contributed by atoms with van der Waals surface area (Å²) >= 11 is 0. The monoisotopic (exact) mass is 407 g/mol. The van der Waals surface area contributed by atoms with Crippen LogP contribution in [0.4, 0.5) is 0 Å². The van der Waals surface area contributed by atoms with Gasteiger partial charge >= 0.3 is 0 Å². The number of aromatic nitrogens is 3. The van der Waals surface area contributed by atoms with Crippen molar-refractivity contribution in [3.05, 3.63) is 58.8 Å². The van der Waals surface area contributed by atoms with Crippen molar-refractivity contribution in [3.63, 3.8) is 0 Å². The molecule has 1 N–H and O–H groups in total. The van der Waals surface area contributed by atoms with Crippen LogP contribution in [0.15, 0.2) is 30.6 Å². The Morgan fingerprint density at radius 3 is 2.53 bits per heavy atom. The smallest absolute Gasteiger partial charge is 0.196 e. The van der Waals surface area contributed by atoms with Crippen molar-refractivity contribution in [2.75, 3.05) is 26.2 Å². The van der Waals surface area contributed by atoms with Crippen molar-refractivity contribution in [1.82, 2.24) is 24.2 Å². The fourth-order valence-electron chi connectivity index (χ4n) is 4.50. The average Bonchev–Trinajstić information content (AvgIpc) is 3.26. The van der Waals surface area contributed by atoms with E-state index in [2.05, 4.69) is 26.0 Å². The number of nitrogens with zero attached hydrogens (tertiary/aromatic N) is 4. The van der Waals surface area contributed by atoms with Crippen LogP contribution >= 0.6 is 0 Å². The van der Waals surface area contributed by atoms with Gasteiger partial charge < -0.3 is 9.38 Å². The fraction of sp³-hybridized carbons (Fsp3) is 0.435. The lowest BCUT2D eigenvalue weighted by molar-refractivity contribution is 0.0681. The van der Waals surface area contributed by atoms with Gasteiger partial charge in [-0.05, 0) is 45.4 Å². The van der Waals surface area contributed by atoms with Crippen LogP contribution in [0, 0.1) is 13.8 Å². The Labute approximate surface area is 176 Å². The molecule has 0 amide bonds. The minimum atomic E-state index is -0.223. The Hall–Kier alpha value is -2.77. The van der Waals surface area contributed by atoms with E-state index in [-0.39, 0.29) is 17.6 Å². The van der Waals surface area contributed by atoms with Crippen LogP contribution in [-0.2, 0) is 6.54 Å². The number of pyridine rings is 1. The molecule has 1 atom stereocenters. The van der Waals surface area contributed by atoms with Crippen molar-refractivity contribution >= 4 is 17.2 Å². The topological polar surface area (TPSA) is 73.7 Å². The first-order chi connectivity index (χ1) is 14.3. The Morgan fingerprint density at radius 2 is 1.90 bits per heavy atom. The molecule has 7 nitrogen and oxygen atoms in total. The highest BCUT2D eigenvalue weighted by Crippen LogP contribution is 2.21. The molecule has 158 valence electrons. The second-order valence-corrected chi connectivity index (χ2v) is 8.23. The van der Waals surface area contributed by atoms with Gasteiger partial charge in [-0.25, -0.2) is 4.98 Å². The first-order valence-corrected chi connectivity index (χ1v) is 10.5. The van der Waals surface area contributed by atoms with Crippen molar-refractivity contribution < 1.29 is 9.59 Å². The van der Waals surface area contributed by atoms with E-state index >= 15 is 0 Å². The molecule has 30 heavy (non-hydrogen) atoms. The van der Waals surface area contributed by atoms with Gasteiger partial charge in [0.2, 0.25) is 0 Å². The summed E-state index contributed by atoms with van der Waals surface area (Å²) in [7, 11) is 0. The summed E-state index contributed by atoms with van der Waals surface area (Å²) in [5, 5.41) is 0. The van der Waals surface area contributed by atoms with E-state index in [0.29, 0.717) is 11.3 Å².